The van der Waals surface area contributed by atoms with E-state index in [4.69, 9.17) is 9.47 Å². The maximum absolute atomic E-state index is 14.1. The second kappa shape index (κ2) is 21.7. The fourth-order valence-electron chi connectivity index (χ4n) is 10.6. The summed E-state index contributed by atoms with van der Waals surface area (Å²) in [4.78, 5) is 32.2. The molecule has 408 valence electrons. The Morgan fingerprint density at radius 3 is 1.18 bits per heavy atom. The molecule has 0 spiro atoms. The smallest absolute Gasteiger partial charge is 0.381 e. The average Bonchev–Trinajstić information content (AvgIpc) is 4.21. The molecule has 0 aromatic heterocycles. The van der Waals surface area contributed by atoms with Gasteiger partial charge >= 0.3 is 12.4 Å². The minimum atomic E-state index is -4.88. The molecule has 4 saturated carbocycles. The molecule has 16 nitrogen and oxygen atoms in total. The van der Waals surface area contributed by atoms with Gasteiger partial charge in [0.05, 0.1) is 67.6 Å². The molecular weight excluding hydrogens is 1020 g/mol. The molecule has 8 rings (SSSR count). The first-order valence-electron chi connectivity index (χ1n) is 25.0. The molecule has 24 heteroatoms. The van der Waals surface area contributed by atoms with Gasteiger partial charge in [0.15, 0.2) is 19.7 Å². The molecule has 2 N–H and O–H groups in total. The fourth-order valence-corrected chi connectivity index (χ4v) is 14.6. The third-order valence-corrected chi connectivity index (χ3v) is 20.2. The normalized spacial score (nSPS) is 26.2. The Balaban J connectivity index is 0.000000216. The highest BCUT2D eigenvalue weighted by molar-refractivity contribution is 7.92. The maximum Gasteiger partial charge on any atom is 0.417 e. The summed E-state index contributed by atoms with van der Waals surface area (Å²) in [6, 6.07) is 11.6. The van der Waals surface area contributed by atoms with Crippen LogP contribution in [0.4, 0.5) is 37.7 Å². The molecule has 2 aromatic rings. The highest BCUT2D eigenvalue weighted by Gasteiger charge is 2.53. The van der Waals surface area contributed by atoms with Crippen molar-refractivity contribution in [3.63, 3.8) is 0 Å². The Kier molecular flexibility index (Phi) is 16.7. The molecule has 6 atom stereocenters. The lowest BCUT2D eigenvalue weighted by Gasteiger charge is -2.38. The largest absolute Gasteiger partial charge is 0.417 e. The summed E-state index contributed by atoms with van der Waals surface area (Å²) in [6.45, 7) is 13.2. The minimum Gasteiger partial charge on any atom is -0.381 e. The van der Waals surface area contributed by atoms with E-state index in [0.29, 0.717) is 101 Å². The van der Waals surface area contributed by atoms with Gasteiger partial charge in [-0.1, -0.05) is 0 Å². The van der Waals surface area contributed by atoms with Gasteiger partial charge in [-0.05, 0) is 115 Å². The monoisotopic (exact) mass is 1080 g/mol. The number of carbonyl (C=O) groups is 2. The summed E-state index contributed by atoms with van der Waals surface area (Å²) in [6.07, 6.45) is -9.83. The predicted molar refractivity (Wildman–Crippen MR) is 261 cm³/mol. The standard InChI is InChI=1S/2C25H33F3N4O4S/c2*1-16(2)31-8-10-32(11-9-31)17-4-5-22(20(12-17)25(26,27)28)37(34,35)18-13-19(21(14-18)36-3)23(33)30-24(15-29)6-7-24/h2*4-5,12,16,18-19,21H,6-11,13-14H2,1-3H3,(H,30,33)/t2*18-,19-,21-/m10/s1. The molecule has 6 aliphatic rings. The third kappa shape index (κ3) is 12.3. The molecule has 2 aliphatic heterocycles. The van der Waals surface area contributed by atoms with Crippen molar-refractivity contribution in [2.24, 2.45) is 11.8 Å². The number of nitriles is 2. The lowest BCUT2D eigenvalue weighted by molar-refractivity contribution is -0.140. The van der Waals surface area contributed by atoms with Crippen LogP contribution in [-0.4, -0.2) is 151 Å². The Morgan fingerprint density at radius 2 is 0.919 bits per heavy atom. The lowest BCUT2D eigenvalue weighted by atomic mass is 10.0. The number of anilines is 2. The first-order chi connectivity index (χ1) is 34.6. The number of benzene rings is 2. The van der Waals surface area contributed by atoms with Gasteiger partial charge in [-0.3, -0.25) is 19.4 Å². The number of amides is 2. The zero-order chi connectivity index (χ0) is 54.3. The Hall–Kier alpha value is -4.72. The van der Waals surface area contributed by atoms with Crippen LogP contribution in [0.2, 0.25) is 0 Å². The Morgan fingerprint density at radius 1 is 0.595 bits per heavy atom. The van der Waals surface area contributed by atoms with Crippen LogP contribution < -0.4 is 20.4 Å². The van der Waals surface area contributed by atoms with Crippen LogP contribution in [0.5, 0.6) is 0 Å². The number of sulfone groups is 2. The summed E-state index contributed by atoms with van der Waals surface area (Å²) in [5.74, 6) is -2.76. The number of piperazine rings is 2. The molecule has 2 amide bonds. The predicted octanol–water partition coefficient (Wildman–Crippen LogP) is 5.95. The summed E-state index contributed by atoms with van der Waals surface area (Å²) < 4.78 is 150. The van der Waals surface area contributed by atoms with Crippen molar-refractivity contribution in [1.82, 2.24) is 20.4 Å². The highest BCUT2D eigenvalue weighted by Crippen LogP contribution is 2.45. The van der Waals surface area contributed by atoms with Gasteiger partial charge in [-0.25, -0.2) is 16.8 Å². The number of carbonyl (C=O) groups excluding carboxylic acids is 2. The van der Waals surface area contributed by atoms with Gasteiger partial charge in [0.25, 0.3) is 0 Å². The summed E-state index contributed by atoms with van der Waals surface area (Å²) in [5, 5.41) is 21.4. The first-order valence-corrected chi connectivity index (χ1v) is 28.1. The highest BCUT2D eigenvalue weighted by atomic mass is 32.2. The van der Waals surface area contributed by atoms with Crippen LogP contribution in [0.1, 0.15) is 90.2 Å². The van der Waals surface area contributed by atoms with Crippen LogP contribution in [-0.2, 0) is 51.1 Å². The Bertz CT molecular complexity index is 2520. The lowest BCUT2D eigenvalue weighted by Crippen LogP contribution is -2.49. The van der Waals surface area contributed by atoms with E-state index in [-0.39, 0.29) is 25.7 Å². The molecule has 0 unspecified atom stereocenters. The number of hydrogen-bond acceptors (Lipinski definition) is 14. The zero-order valence-electron chi connectivity index (χ0n) is 42.4. The molecule has 0 bridgehead atoms. The van der Waals surface area contributed by atoms with E-state index in [9.17, 15) is 63.3 Å². The minimum absolute atomic E-state index is 0.104. The first kappa shape index (κ1) is 57.0. The van der Waals surface area contributed by atoms with E-state index in [2.05, 4.69) is 48.1 Å². The van der Waals surface area contributed by atoms with Gasteiger partial charge < -0.3 is 29.9 Å². The summed E-state index contributed by atoms with van der Waals surface area (Å²) in [5.41, 5.74) is -3.60. The third-order valence-electron chi connectivity index (χ3n) is 15.7. The molecular formula is C50H66F6N8O8S2. The zero-order valence-corrected chi connectivity index (χ0v) is 44.1. The van der Waals surface area contributed by atoms with Crippen LogP contribution >= 0.6 is 0 Å². The van der Waals surface area contributed by atoms with E-state index in [0.717, 1.165) is 24.3 Å². The molecule has 0 radical (unpaired) electrons. The maximum atomic E-state index is 14.1. The van der Waals surface area contributed by atoms with Crippen molar-refractivity contribution in [3.05, 3.63) is 47.5 Å². The SMILES string of the molecule is CO[C@@H]1C[C@H](S(=O)(=O)c2ccc(N3CCN(C(C)C)CC3)cc2C(F)(F)F)C[C@H]1C(=O)NC1(C#N)CC1.CO[C@H]1C[C@@H](S(=O)(=O)c2ccc(N3CCN(C(C)C)CC3)cc2C(F)(F)F)C[C@@H]1C(=O)NC1(C#N)CC1. The van der Waals surface area contributed by atoms with Gasteiger partial charge in [0.2, 0.25) is 11.8 Å². The van der Waals surface area contributed by atoms with Crippen molar-refractivity contribution < 1.29 is 62.2 Å². The number of rotatable bonds is 14. The topological polar surface area (TPSA) is 205 Å². The fraction of sp³-hybridized carbons (Fsp3) is 0.680. The van der Waals surface area contributed by atoms with Crippen molar-refractivity contribution >= 4 is 42.9 Å². The second-order valence-electron chi connectivity index (χ2n) is 21.0. The number of alkyl halides is 6. The van der Waals surface area contributed by atoms with Crippen molar-refractivity contribution in [1.29, 1.82) is 10.5 Å². The van der Waals surface area contributed by atoms with Crippen LogP contribution in [0, 0.1) is 34.5 Å². The quantitative estimate of drug-likeness (QED) is 0.210. The van der Waals surface area contributed by atoms with Crippen LogP contribution in [0.25, 0.3) is 0 Å². The van der Waals surface area contributed by atoms with Crippen molar-refractivity contribution in [2.45, 2.75) is 147 Å². The van der Waals surface area contributed by atoms with Crippen LogP contribution in [0.15, 0.2) is 46.2 Å². The molecule has 6 fully saturated rings. The van der Waals surface area contributed by atoms with E-state index in [1.165, 1.54) is 26.4 Å². The molecule has 74 heavy (non-hydrogen) atoms. The van der Waals surface area contributed by atoms with Gasteiger partial charge in [0.1, 0.15) is 11.1 Å². The average molecular weight is 1090 g/mol. The number of nitrogens with zero attached hydrogens (tertiary/aromatic N) is 6. The summed E-state index contributed by atoms with van der Waals surface area (Å²) in [7, 11) is -6.19. The Labute approximate surface area is 429 Å². The molecule has 2 heterocycles. The number of methoxy groups -OCH3 is 2. The van der Waals surface area contributed by atoms with Crippen molar-refractivity contribution in [2.75, 3.05) is 76.4 Å². The van der Waals surface area contributed by atoms with E-state index in [1.807, 2.05) is 21.9 Å². The van der Waals surface area contributed by atoms with Gasteiger partial charge in [0, 0.05) is 90.0 Å². The van der Waals surface area contributed by atoms with E-state index in [1.54, 1.807) is 0 Å². The van der Waals surface area contributed by atoms with Crippen LogP contribution in [0.3, 0.4) is 0 Å². The molecule has 2 aromatic carbocycles. The second-order valence-corrected chi connectivity index (χ2v) is 25.4. The van der Waals surface area contributed by atoms with Crippen molar-refractivity contribution in [3.8, 4) is 12.1 Å². The number of ether oxygens (including phenoxy) is 2. The number of hydrogen-bond donors (Lipinski definition) is 2. The molecule has 2 saturated heterocycles. The number of halogens is 6. The van der Waals surface area contributed by atoms with Gasteiger partial charge in [-0.2, -0.15) is 36.9 Å². The summed E-state index contributed by atoms with van der Waals surface area (Å²) >= 11 is 0. The van der Waals surface area contributed by atoms with E-state index >= 15 is 0 Å². The van der Waals surface area contributed by atoms with E-state index < -0.39 is 110 Å². The number of nitrogens with one attached hydrogen (secondary N) is 2. The molecule has 4 aliphatic carbocycles. The van der Waals surface area contributed by atoms with Gasteiger partial charge in [-0.15, -0.1) is 0 Å².